The van der Waals surface area contributed by atoms with E-state index in [2.05, 4.69) is 29.1 Å². The highest BCUT2D eigenvalue weighted by Crippen LogP contribution is 2.45. The molecule has 0 aromatic carbocycles. The van der Waals surface area contributed by atoms with E-state index >= 15 is 0 Å². The molecule has 2 N–H and O–H groups in total. The standard InChI is InChI=1S/C12H19N3O/c1-3-6-13-8-9-7-10(16)15-11(14-9)12(2)4-5-12/h7,13H,3-6,8H2,1-2H3,(H,14,15,16). The highest BCUT2D eigenvalue weighted by molar-refractivity contribution is 5.17. The summed E-state index contributed by atoms with van der Waals surface area (Å²) in [5.41, 5.74) is 0.937. The maximum Gasteiger partial charge on any atom is 0.251 e. The fourth-order valence-corrected chi connectivity index (χ4v) is 1.70. The lowest BCUT2D eigenvalue weighted by Gasteiger charge is -2.09. The van der Waals surface area contributed by atoms with Gasteiger partial charge in [-0.15, -0.1) is 0 Å². The van der Waals surface area contributed by atoms with E-state index < -0.39 is 0 Å². The Hall–Kier alpha value is -1.16. The Morgan fingerprint density at radius 1 is 1.56 bits per heavy atom. The van der Waals surface area contributed by atoms with Crippen LogP contribution in [0.15, 0.2) is 10.9 Å². The van der Waals surface area contributed by atoms with Crippen LogP contribution in [-0.4, -0.2) is 16.5 Å². The van der Waals surface area contributed by atoms with Gasteiger partial charge in [-0.2, -0.15) is 0 Å². The number of aromatic nitrogens is 2. The average molecular weight is 221 g/mol. The molecule has 0 bridgehead atoms. The Bertz CT molecular complexity index is 421. The molecular formula is C12H19N3O. The number of nitrogens with one attached hydrogen (secondary N) is 2. The molecule has 88 valence electrons. The monoisotopic (exact) mass is 221 g/mol. The van der Waals surface area contributed by atoms with Crippen molar-refractivity contribution >= 4 is 0 Å². The van der Waals surface area contributed by atoms with Crippen LogP contribution in [-0.2, 0) is 12.0 Å². The summed E-state index contributed by atoms with van der Waals surface area (Å²) in [6, 6.07) is 1.58. The summed E-state index contributed by atoms with van der Waals surface area (Å²) in [4.78, 5) is 18.9. The second kappa shape index (κ2) is 4.37. The van der Waals surface area contributed by atoms with Crippen molar-refractivity contribution in [1.29, 1.82) is 0 Å². The van der Waals surface area contributed by atoms with E-state index in [-0.39, 0.29) is 11.0 Å². The van der Waals surface area contributed by atoms with Crippen LogP contribution >= 0.6 is 0 Å². The molecule has 1 aromatic rings. The minimum Gasteiger partial charge on any atom is -0.311 e. The first kappa shape index (κ1) is 11.3. The summed E-state index contributed by atoms with van der Waals surface area (Å²) in [5, 5.41) is 3.26. The van der Waals surface area contributed by atoms with Crippen molar-refractivity contribution in [3.05, 3.63) is 27.9 Å². The number of hydrogen-bond donors (Lipinski definition) is 2. The van der Waals surface area contributed by atoms with Gasteiger partial charge in [0, 0.05) is 18.0 Å². The minimum absolute atomic E-state index is 0.0357. The molecule has 2 rings (SSSR count). The molecule has 4 heteroatoms. The van der Waals surface area contributed by atoms with Gasteiger partial charge in [0.25, 0.3) is 5.56 Å². The first-order valence-corrected chi connectivity index (χ1v) is 5.95. The Kier molecular flexibility index (Phi) is 3.10. The maximum absolute atomic E-state index is 11.5. The average Bonchev–Trinajstić information content (AvgIpc) is 2.98. The van der Waals surface area contributed by atoms with Gasteiger partial charge in [-0.1, -0.05) is 13.8 Å². The third-order valence-corrected chi connectivity index (χ3v) is 3.10. The van der Waals surface area contributed by atoms with Gasteiger partial charge in [-0.05, 0) is 25.8 Å². The first-order chi connectivity index (χ1) is 7.64. The van der Waals surface area contributed by atoms with Crippen LogP contribution < -0.4 is 10.9 Å². The summed E-state index contributed by atoms with van der Waals surface area (Å²) in [6.07, 6.45) is 3.34. The number of rotatable bonds is 5. The molecule has 4 nitrogen and oxygen atoms in total. The lowest BCUT2D eigenvalue weighted by Crippen LogP contribution is -2.21. The van der Waals surface area contributed by atoms with E-state index in [1.807, 2.05) is 0 Å². The van der Waals surface area contributed by atoms with Crippen LogP contribution in [0.2, 0.25) is 0 Å². The molecule has 0 saturated heterocycles. The van der Waals surface area contributed by atoms with Gasteiger partial charge in [-0.3, -0.25) is 4.79 Å². The van der Waals surface area contributed by atoms with E-state index in [9.17, 15) is 4.79 Å². The van der Waals surface area contributed by atoms with Crippen molar-refractivity contribution in [2.45, 2.75) is 45.1 Å². The number of nitrogens with zero attached hydrogens (tertiary/aromatic N) is 1. The third kappa shape index (κ3) is 2.50. The van der Waals surface area contributed by atoms with Crippen LogP contribution in [0.25, 0.3) is 0 Å². The molecule has 0 atom stereocenters. The summed E-state index contributed by atoms with van der Waals surface area (Å²) < 4.78 is 0. The van der Waals surface area contributed by atoms with Crippen molar-refractivity contribution in [1.82, 2.24) is 15.3 Å². The lowest BCUT2D eigenvalue weighted by molar-refractivity contribution is 0.639. The SMILES string of the molecule is CCCNCc1cc(=O)[nH]c(C2(C)CC2)n1. The van der Waals surface area contributed by atoms with Crippen molar-refractivity contribution in [3.63, 3.8) is 0 Å². The van der Waals surface area contributed by atoms with Gasteiger partial charge in [0.05, 0.1) is 5.69 Å². The molecule has 1 aliphatic rings. The zero-order valence-electron chi connectivity index (χ0n) is 9.97. The van der Waals surface area contributed by atoms with Crippen molar-refractivity contribution in [2.75, 3.05) is 6.54 Å². The van der Waals surface area contributed by atoms with Crippen molar-refractivity contribution < 1.29 is 0 Å². The lowest BCUT2D eigenvalue weighted by atomic mass is 10.1. The first-order valence-electron chi connectivity index (χ1n) is 5.95. The normalized spacial score (nSPS) is 17.4. The molecule has 1 fully saturated rings. The maximum atomic E-state index is 11.5. The van der Waals surface area contributed by atoms with Crippen LogP contribution in [0.3, 0.4) is 0 Å². The van der Waals surface area contributed by atoms with E-state index in [1.54, 1.807) is 6.07 Å². The Balaban J connectivity index is 2.13. The molecule has 1 saturated carbocycles. The van der Waals surface area contributed by atoms with Gasteiger partial charge < -0.3 is 10.3 Å². The largest absolute Gasteiger partial charge is 0.311 e. The highest BCUT2D eigenvalue weighted by atomic mass is 16.1. The predicted octanol–water partition coefficient (Wildman–Crippen LogP) is 1.32. The smallest absolute Gasteiger partial charge is 0.251 e. The molecule has 0 aliphatic heterocycles. The minimum atomic E-state index is -0.0357. The van der Waals surface area contributed by atoms with Crippen LogP contribution in [0, 0.1) is 0 Å². The Morgan fingerprint density at radius 3 is 2.94 bits per heavy atom. The molecule has 1 heterocycles. The number of hydrogen-bond acceptors (Lipinski definition) is 3. The fraction of sp³-hybridized carbons (Fsp3) is 0.667. The van der Waals surface area contributed by atoms with E-state index in [0.717, 1.165) is 37.3 Å². The third-order valence-electron chi connectivity index (χ3n) is 3.10. The zero-order valence-corrected chi connectivity index (χ0v) is 9.97. The molecule has 1 aliphatic carbocycles. The van der Waals surface area contributed by atoms with Crippen LogP contribution in [0.5, 0.6) is 0 Å². The van der Waals surface area contributed by atoms with Crippen LogP contribution in [0.1, 0.15) is 44.6 Å². The van der Waals surface area contributed by atoms with Gasteiger partial charge in [0.15, 0.2) is 0 Å². The molecule has 0 spiro atoms. The molecule has 16 heavy (non-hydrogen) atoms. The van der Waals surface area contributed by atoms with Gasteiger partial charge in [0.1, 0.15) is 5.82 Å². The predicted molar refractivity (Wildman–Crippen MR) is 63.4 cm³/mol. The number of aromatic amines is 1. The van der Waals surface area contributed by atoms with Gasteiger partial charge >= 0.3 is 0 Å². The summed E-state index contributed by atoms with van der Waals surface area (Å²) in [6.45, 7) is 5.91. The number of H-pyrrole nitrogens is 1. The molecule has 1 aromatic heterocycles. The van der Waals surface area contributed by atoms with E-state index in [1.165, 1.54) is 0 Å². The summed E-state index contributed by atoms with van der Waals surface area (Å²) in [7, 11) is 0. The quantitative estimate of drug-likeness (QED) is 0.737. The van der Waals surface area contributed by atoms with E-state index in [0.29, 0.717) is 6.54 Å². The molecule has 0 radical (unpaired) electrons. The van der Waals surface area contributed by atoms with Crippen LogP contribution in [0.4, 0.5) is 0 Å². The Morgan fingerprint density at radius 2 is 2.31 bits per heavy atom. The van der Waals surface area contributed by atoms with Crippen molar-refractivity contribution in [2.24, 2.45) is 0 Å². The van der Waals surface area contributed by atoms with Gasteiger partial charge in [-0.25, -0.2) is 4.98 Å². The summed E-state index contributed by atoms with van der Waals surface area (Å²) >= 11 is 0. The second-order valence-electron chi connectivity index (χ2n) is 4.82. The van der Waals surface area contributed by atoms with E-state index in [4.69, 9.17) is 0 Å². The van der Waals surface area contributed by atoms with Gasteiger partial charge in [0.2, 0.25) is 0 Å². The molecular weight excluding hydrogens is 202 g/mol. The molecule has 0 unspecified atom stereocenters. The van der Waals surface area contributed by atoms with Crippen molar-refractivity contribution in [3.8, 4) is 0 Å². The zero-order chi connectivity index (χ0) is 11.6. The summed E-state index contributed by atoms with van der Waals surface area (Å²) in [5.74, 6) is 0.855. The highest BCUT2D eigenvalue weighted by Gasteiger charge is 2.41. The topological polar surface area (TPSA) is 57.8 Å². The Labute approximate surface area is 95.5 Å². The second-order valence-corrected chi connectivity index (χ2v) is 4.82. The fourth-order valence-electron chi connectivity index (χ4n) is 1.70. The molecule has 0 amide bonds.